The van der Waals surface area contributed by atoms with Crippen LogP contribution in [0.1, 0.15) is 10.4 Å². The highest BCUT2D eigenvalue weighted by atomic mass is 19.1. The molecular weight excluding hydrogens is 269 g/mol. The molecule has 0 saturated carbocycles. The molecule has 0 aliphatic heterocycles. The lowest BCUT2D eigenvalue weighted by Gasteiger charge is -2.08. The average molecular weight is 281 g/mol. The van der Waals surface area contributed by atoms with Gasteiger partial charge in [-0.15, -0.1) is 0 Å². The summed E-state index contributed by atoms with van der Waals surface area (Å²) in [5.41, 5.74) is 0.491. The summed E-state index contributed by atoms with van der Waals surface area (Å²) in [5, 5.41) is 14.2. The number of nitrogens with one attached hydrogen (secondary N) is 1. The first-order chi connectivity index (χ1) is 10.1. The summed E-state index contributed by atoms with van der Waals surface area (Å²) < 4.78 is 13.1. The number of phenolic OH excluding ortho intramolecular Hbond substituents is 1. The lowest BCUT2D eigenvalue weighted by atomic mass is 10.1. The van der Waals surface area contributed by atoms with Crippen molar-refractivity contribution in [3.05, 3.63) is 72.0 Å². The highest BCUT2D eigenvalue weighted by Crippen LogP contribution is 2.25. The van der Waals surface area contributed by atoms with Gasteiger partial charge < -0.3 is 10.4 Å². The van der Waals surface area contributed by atoms with E-state index >= 15 is 0 Å². The van der Waals surface area contributed by atoms with E-state index in [4.69, 9.17) is 0 Å². The van der Waals surface area contributed by atoms with Crippen LogP contribution in [0.5, 0.6) is 5.75 Å². The van der Waals surface area contributed by atoms with E-state index in [9.17, 15) is 14.3 Å². The van der Waals surface area contributed by atoms with Gasteiger partial charge in [-0.05, 0) is 41.1 Å². The summed E-state index contributed by atoms with van der Waals surface area (Å²) in [7, 11) is 0. The third-order valence-corrected chi connectivity index (χ3v) is 3.19. The van der Waals surface area contributed by atoms with Crippen LogP contribution >= 0.6 is 0 Å². The van der Waals surface area contributed by atoms with Crippen LogP contribution in [0.2, 0.25) is 0 Å². The van der Waals surface area contributed by atoms with Crippen molar-refractivity contribution in [2.45, 2.75) is 0 Å². The van der Waals surface area contributed by atoms with Gasteiger partial charge in [0.05, 0.1) is 5.56 Å². The number of halogens is 1. The second-order valence-corrected chi connectivity index (χ2v) is 4.68. The maximum Gasteiger partial charge on any atom is 0.259 e. The van der Waals surface area contributed by atoms with E-state index in [1.807, 2.05) is 24.3 Å². The summed E-state index contributed by atoms with van der Waals surface area (Å²) in [4.78, 5) is 12.2. The van der Waals surface area contributed by atoms with Crippen molar-refractivity contribution in [1.82, 2.24) is 0 Å². The Bertz CT molecular complexity index is 830. The molecule has 0 unspecified atom stereocenters. The zero-order valence-corrected chi connectivity index (χ0v) is 11.0. The van der Waals surface area contributed by atoms with Crippen molar-refractivity contribution < 1.29 is 14.3 Å². The predicted octanol–water partition coefficient (Wildman–Crippen LogP) is 3.94. The topological polar surface area (TPSA) is 49.3 Å². The summed E-state index contributed by atoms with van der Waals surface area (Å²) in [6.45, 7) is 0. The maximum atomic E-state index is 13.1. The minimum Gasteiger partial charge on any atom is -0.507 e. The van der Waals surface area contributed by atoms with Crippen LogP contribution < -0.4 is 5.32 Å². The van der Waals surface area contributed by atoms with Gasteiger partial charge in [-0.25, -0.2) is 4.39 Å². The fourth-order valence-electron chi connectivity index (χ4n) is 2.17. The summed E-state index contributed by atoms with van der Waals surface area (Å²) in [5.74, 6) is -1.03. The van der Waals surface area contributed by atoms with E-state index < -0.39 is 11.7 Å². The molecular formula is C17H12FNO2. The number of aromatic hydroxyl groups is 1. The zero-order valence-electron chi connectivity index (χ0n) is 11.0. The van der Waals surface area contributed by atoms with Gasteiger partial charge in [-0.1, -0.05) is 30.3 Å². The first kappa shape index (κ1) is 13.1. The van der Waals surface area contributed by atoms with Crippen molar-refractivity contribution in [2.75, 3.05) is 5.32 Å². The molecule has 0 saturated heterocycles. The van der Waals surface area contributed by atoms with Gasteiger partial charge in [-0.3, -0.25) is 4.79 Å². The highest BCUT2D eigenvalue weighted by molar-refractivity contribution is 6.08. The molecule has 0 fully saturated rings. The molecule has 0 atom stereocenters. The average Bonchev–Trinajstić information content (AvgIpc) is 2.46. The molecule has 0 radical (unpaired) electrons. The summed E-state index contributed by atoms with van der Waals surface area (Å²) in [6, 6.07) is 16.2. The second-order valence-electron chi connectivity index (χ2n) is 4.68. The second kappa shape index (κ2) is 5.25. The fraction of sp³-hybridized carbons (Fsp3) is 0. The van der Waals surface area contributed by atoms with Gasteiger partial charge in [0, 0.05) is 5.69 Å². The first-order valence-corrected chi connectivity index (χ1v) is 6.42. The Kier molecular flexibility index (Phi) is 3.28. The van der Waals surface area contributed by atoms with Crippen molar-refractivity contribution in [3.8, 4) is 5.75 Å². The highest BCUT2D eigenvalue weighted by Gasteiger charge is 2.12. The van der Waals surface area contributed by atoms with E-state index in [2.05, 4.69) is 5.32 Å². The van der Waals surface area contributed by atoms with Crippen LogP contribution in [0.3, 0.4) is 0 Å². The van der Waals surface area contributed by atoms with Crippen molar-refractivity contribution in [1.29, 1.82) is 0 Å². The Morgan fingerprint density at radius 1 is 0.952 bits per heavy atom. The molecule has 0 aliphatic rings. The lowest BCUT2D eigenvalue weighted by Crippen LogP contribution is -2.12. The molecule has 3 aromatic rings. The smallest absolute Gasteiger partial charge is 0.259 e. The number of hydrogen-bond acceptors (Lipinski definition) is 2. The quantitative estimate of drug-likeness (QED) is 0.747. The number of rotatable bonds is 2. The number of anilines is 1. The van der Waals surface area contributed by atoms with E-state index in [0.29, 0.717) is 5.69 Å². The van der Waals surface area contributed by atoms with Crippen molar-refractivity contribution >= 4 is 22.4 Å². The van der Waals surface area contributed by atoms with E-state index in [0.717, 1.165) is 10.8 Å². The van der Waals surface area contributed by atoms with Crippen LogP contribution in [0.4, 0.5) is 10.1 Å². The van der Waals surface area contributed by atoms with Crippen molar-refractivity contribution in [3.63, 3.8) is 0 Å². The summed E-state index contributed by atoms with van der Waals surface area (Å²) >= 11 is 0. The Balaban J connectivity index is 1.96. The molecule has 0 bridgehead atoms. The molecule has 3 rings (SSSR count). The summed E-state index contributed by atoms with van der Waals surface area (Å²) in [6.07, 6.45) is 0. The zero-order chi connectivity index (χ0) is 14.8. The van der Waals surface area contributed by atoms with Crippen LogP contribution in [-0.4, -0.2) is 11.0 Å². The first-order valence-electron chi connectivity index (χ1n) is 6.42. The number of benzene rings is 3. The molecule has 0 spiro atoms. The molecule has 21 heavy (non-hydrogen) atoms. The van der Waals surface area contributed by atoms with Crippen LogP contribution in [0.25, 0.3) is 10.8 Å². The molecule has 3 nitrogen and oxygen atoms in total. The van der Waals surface area contributed by atoms with E-state index in [1.54, 1.807) is 12.1 Å². The number of hydrogen-bond donors (Lipinski definition) is 2. The maximum absolute atomic E-state index is 13.1. The van der Waals surface area contributed by atoms with Gasteiger partial charge in [-0.2, -0.15) is 0 Å². The largest absolute Gasteiger partial charge is 0.507 e. The Morgan fingerprint density at radius 3 is 2.38 bits per heavy atom. The van der Waals surface area contributed by atoms with E-state index in [1.165, 1.54) is 24.3 Å². The van der Waals surface area contributed by atoms with Gasteiger partial charge in [0.2, 0.25) is 0 Å². The molecule has 0 heterocycles. The van der Waals surface area contributed by atoms with Gasteiger partial charge in [0.15, 0.2) is 0 Å². The van der Waals surface area contributed by atoms with E-state index in [-0.39, 0.29) is 11.3 Å². The third-order valence-electron chi connectivity index (χ3n) is 3.19. The number of amides is 1. The van der Waals surface area contributed by atoms with Gasteiger partial charge in [0.1, 0.15) is 11.6 Å². The third kappa shape index (κ3) is 2.69. The Morgan fingerprint density at radius 2 is 1.67 bits per heavy atom. The molecule has 4 heteroatoms. The Labute approximate surface area is 120 Å². The Hall–Kier alpha value is -2.88. The predicted molar refractivity (Wildman–Crippen MR) is 80.0 cm³/mol. The lowest BCUT2D eigenvalue weighted by molar-refractivity contribution is 0.102. The monoisotopic (exact) mass is 281 g/mol. The molecule has 2 N–H and O–H groups in total. The molecule has 1 amide bonds. The molecule has 104 valence electrons. The van der Waals surface area contributed by atoms with Crippen LogP contribution in [0, 0.1) is 5.82 Å². The SMILES string of the molecule is O=C(Nc1cccc(F)c1)c1cc2ccccc2cc1O. The molecule has 0 aliphatic carbocycles. The molecule has 0 aromatic heterocycles. The number of fused-ring (bicyclic) bond motifs is 1. The van der Waals surface area contributed by atoms with Crippen LogP contribution in [-0.2, 0) is 0 Å². The van der Waals surface area contributed by atoms with Crippen molar-refractivity contribution in [2.24, 2.45) is 0 Å². The standard InChI is InChI=1S/C17H12FNO2/c18-13-6-3-7-14(10-13)19-17(21)15-8-11-4-1-2-5-12(11)9-16(15)20/h1-10,20H,(H,19,21). The van der Waals surface area contributed by atoms with Gasteiger partial charge in [0.25, 0.3) is 5.91 Å². The minimum absolute atomic E-state index is 0.109. The number of carbonyl (C=O) groups excluding carboxylic acids is 1. The fourth-order valence-corrected chi connectivity index (χ4v) is 2.17. The number of carbonyl (C=O) groups is 1. The number of phenols is 1. The normalized spacial score (nSPS) is 10.5. The van der Waals surface area contributed by atoms with Gasteiger partial charge >= 0.3 is 0 Å². The molecule has 3 aromatic carbocycles. The minimum atomic E-state index is -0.483. The van der Waals surface area contributed by atoms with Crippen LogP contribution in [0.15, 0.2) is 60.7 Å².